The highest BCUT2D eigenvalue weighted by molar-refractivity contribution is 5.45. The quantitative estimate of drug-likeness (QED) is 0.478. The van der Waals surface area contributed by atoms with Crippen LogP contribution in [0.5, 0.6) is 5.75 Å². The Labute approximate surface area is 132 Å². The first kappa shape index (κ1) is 16.7. The summed E-state index contributed by atoms with van der Waals surface area (Å²) < 4.78 is 5.58. The molecule has 1 aromatic rings. The lowest BCUT2D eigenvalue weighted by Crippen LogP contribution is -3.14. The van der Waals surface area contributed by atoms with E-state index in [9.17, 15) is 10.1 Å². The van der Waals surface area contributed by atoms with E-state index < -0.39 is 4.92 Å². The van der Waals surface area contributed by atoms with Gasteiger partial charge in [0.15, 0.2) is 5.75 Å². The van der Waals surface area contributed by atoms with Crippen molar-refractivity contribution in [1.82, 2.24) is 0 Å². The second-order valence-electron chi connectivity index (χ2n) is 6.63. The monoisotopic (exact) mass is 307 g/mol. The standard InChI is InChI=1S/C17H26N2O3/c1-14-11-15(2)13-18(12-14)9-5-6-10-22-17-8-4-3-7-16(17)19(20)21/h3-4,7-8,14-15H,5-6,9-13H2,1-2H3/p+1/t14-,15+. The number of rotatable bonds is 7. The molecule has 0 saturated carbocycles. The molecule has 1 aromatic carbocycles. The van der Waals surface area contributed by atoms with Gasteiger partial charge in [0.2, 0.25) is 0 Å². The summed E-state index contributed by atoms with van der Waals surface area (Å²) >= 11 is 0. The lowest BCUT2D eigenvalue weighted by molar-refractivity contribution is -0.912. The largest absolute Gasteiger partial charge is 0.487 e. The van der Waals surface area contributed by atoms with Crippen molar-refractivity contribution in [3.05, 3.63) is 34.4 Å². The predicted octanol–water partition coefficient (Wildman–Crippen LogP) is 2.31. The molecule has 0 amide bonds. The van der Waals surface area contributed by atoms with E-state index in [1.54, 1.807) is 23.1 Å². The number of hydrogen-bond donors (Lipinski definition) is 1. The van der Waals surface area contributed by atoms with Crippen LogP contribution in [0.2, 0.25) is 0 Å². The normalized spacial score (nSPS) is 24.9. The number of quaternary nitrogens is 1. The maximum Gasteiger partial charge on any atom is 0.310 e. The Balaban J connectivity index is 1.68. The number of unbranched alkanes of at least 4 members (excludes halogenated alkanes) is 1. The zero-order valence-corrected chi connectivity index (χ0v) is 13.6. The molecule has 0 bridgehead atoms. The average molecular weight is 307 g/mol. The third-order valence-corrected chi connectivity index (χ3v) is 4.32. The van der Waals surface area contributed by atoms with E-state index in [0.717, 1.165) is 24.7 Å². The third-order valence-electron chi connectivity index (χ3n) is 4.32. The summed E-state index contributed by atoms with van der Waals surface area (Å²) in [7, 11) is 0. The Morgan fingerprint density at radius 2 is 1.91 bits per heavy atom. The number of ether oxygens (including phenoxy) is 1. The van der Waals surface area contributed by atoms with Gasteiger partial charge in [0.25, 0.3) is 0 Å². The van der Waals surface area contributed by atoms with Crippen LogP contribution in [0.1, 0.15) is 33.1 Å². The van der Waals surface area contributed by atoms with E-state index in [0.29, 0.717) is 12.4 Å². The van der Waals surface area contributed by atoms with Crippen molar-refractivity contribution in [2.24, 2.45) is 11.8 Å². The number of benzene rings is 1. The van der Waals surface area contributed by atoms with Crippen LogP contribution in [-0.4, -0.2) is 31.2 Å². The fourth-order valence-electron chi connectivity index (χ4n) is 3.52. The molecule has 1 heterocycles. The van der Waals surface area contributed by atoms with E-state index >= 15 is 0 Å². The SMILES string of the molecule is C[C@@H]1C[C@H](C)C[NH+](CCCCOc2ccccc2[N+](=O)[O-])C1. The Kier molecular flexibility index (Phi) is 6.19. The highest BCUT2D eigenvalue weighted by atomic mass is 16.6. The number of hydrogen-bond acceptors (Lipinski definition) is 3. The number of para-hydroxylation sites is 2. The molecule has 2 rings (SSSR count). The zero-order chi connectivity index (χ0) is 15.9. The fraction of sp³-hybridized carbons (Fsp3) is 0.647. The van der Waals surface area contributed by atoms with E-state index in [1.165, 1.54) is 32.1 Å². The first-order chi connectivity index (χ1) is 10.6. The van der Waals surface area contributed by atoms with Crippen molar-refractivity contribution in [2.75, 3.05) is 26.2 Å². The number of likely N-dealkylation sites (tertiary alicyclic amines) is 1. The summed E-state index contributed by atoms with van der Waals surface area (Å²) in [6, 6.07) is 6.57. The number of nitrogens with one attached hydrogen (secondary N) is 1. The lowest BCUT2D eigenvalue weighted by atomic mass is 9.92. The number of nitro groups is 1. The molecule has 122 valence electrons. The van der Waals surface area contributed by atoms with E-state index in [-0.39, 0.29) is 5.69 Å². The molecule has 1 fully saturated rings. The van der Waals surface area contributed by atoms with Gasteiger partial charge in [-0.3, -0.25) is 10.1 Å². The van der Waals surface area contributed by atoms with Gasteiger partial charge in [-0.2, -0.15) is 0 Å². The molecule has 1 aliphatic rings. The molecule has 0 spiro atoms. The van der Waals surface area contributed by atoms with Crippen LogP contribution in [0.25, 0.3) is 0 Å². The molecule has 22 heavy (non-hydrogen) atoms. The maximum atomic E-state index is 10.9. The first-order valence-corrected chi connectivity index (χ1v) is 8.26. The summed E-state index contributed by atoms with van der Waals surface area (Å²) in [6.45, 7) is 8.95. The smallest absolute Gasteiger partial charge is 0.310 e. The van der Waals surface area contributed by atoms with Crippen molar-refractivity contribution < 1.29 is 14.6 Å². The van der Waals surface area contributed by atoms with Gasteiger partial charge in [0.05, 0.1) is 31.2 Å². The van der Waals surface area contributed by atoms with Crippen LogP contribution in [-0.2, 0) is 0 Å². The molecule has 0 aliphatic carbocycles. The predicted molar refractivity (Wildman–Crippen MR) is 86.3 cm³/mol. The van der Waals surface area contributed by atoms with Gasteiger partial charge in [0.1, 0.15) is 0 Å². The minimum atomic E-state index is -0.393. The molecule has 3 atom stereocenters. The van der Waals surface area contributed by atoms with Crippen LogP contribution in [0.4, 0.5) is 5.69 Å². The molecular formula is C17H27N2O3+. The van der Waals surface area contributed by atoms with Crippen molar-refractivity contribution in [1.29, 1.82) is 0 Å². The minimum Gasteiger partial charge on any atom is -0.487 e. The van der Waals surface area contributed by atoms with Crippen molar-refractivity contribution >= 4 is 5.69 Å². The Hall–Kier alpha value is -1.62. The average Bonchev–Trinajstić information content (AvgIpc) is 2.46. The van der Waals surface area contributed by atoms with Gasteiger partial charge < -0.3 is 9.64 Å². The molecule has 0 radical (unpaired) electrons. The number of piperidine rings is 1. The second kappa shape index (κ2) is 8.13. The summed E-state index contributed by atoms with van der Waals surface area (Å²) in [5.41, 5.74) is 0.0480. The minimum absolute atomic E-state index is 0.0480. The van der Waals surface area contributed by atoms with Gasteiger partial charge in [-0.05, 0) is 25.3 Å². The third kappa shape index (κ3) is 4.98. The van der Waals surface area contributed by atoms with Crippen LogP contribution >= 0.6 is 0 Å². The summed E-state index contributed by atoms with van der Waals surface area (Å²) in [4.78, 5) is 12.2. The van der Waals surface area contributed by atoms with Gasteiger partial charge in [0, 0.05) is 17.9 Å². The number of nitrogens with zero attached hydrogens (tertiary/aromatic N) is 1. The fourth-order valence-corrected chi connectivity index (χ4v) is 3.52. The van der Waals surface area contributed by atoms with Crippen LogP contribution in [0.3, 0.4) is 0 Å². The van der Waals surface area contributed by atoms with Gasteiger partial charge in [-0.1, -0.05) is 26.0 Å². The second-order valence-corrected chi connectivity index (χ2v) is 6.63. The lowest BCUT2D eigenvalue weighted by Gasteiger charge is -2.32. The van der Waals surface area contributed by atoms with Gasteiger partial charge in [-0.25, -0.2) is 0 Å². The van der Waals surface area contributed by atoms with Crippen LogP contribution in [0.15, 0.2) is 24.3 Å². The zero-order valence-electron chi connectivity index (χ0n) is 13.6. The molecular weight excluding hydrogens is 280 g/mol. The summed E-state index contributed by atoms with van der Waals surface area (Å²) in [5.74, 6) is 2.02. The summed E-state index contributed by atoms with van der Waals surface area (Å²) in [6.07, 6.45) is 3.40. The molecule has 5 nitrogen and oxygen atoms in total. The Morgan fingerprint density at radius 3 is 2.59 bits per heavy atom. The number of nitro benzene ring substituents is 1. The molecule has 0 aromatic heterocycles. The highest BCUT2D eigenvalue weighted by Crippen LogP contribution is 2.25. The first-order valence-electron chi connectivity index (χ1n) is 8.26. The molecule has 1 saturated heterocycles. The molecule has 5 heteroatoms. The topological polar surface area (TPSA) is 56.8 Å². The van der Waals surface area contributed by atoms with Crippen molar-refractivity contribution in [3.63, 3.8) is 0 Å². The molecule has 1 N–H and O–H groups in total. The molecule has 1 aliphatic heterocycles. The highest BCUT2D eigenvalue weighted by Gasteiger charge is 2.24. The van der Waals surface area contributed by atoms with Crippen LogP contribution in [0, 0.1) is 22.0 Å². The van der Waals surface area contributed by atoms with E-state index in [1.807, 2.05) is 0 Å². The van der Waals surface area contributed by atoms with Crippen LogP contribution < -0.4 is 9.64 Å². The van der Waals surface area contributed by atoms with Gasteiger partial charge >= 0.3 is 5.69 Å². The molecule has 1 unspecified atom stereocenters. The van der Waals surface area contributed by atoms with E-state index in [4.69, 9.17) is 4.74 Å². The Bertz CT molecular complexity index is 483. The van der Waals surface area contributed by atoms with E-state index in [2.05, 4.69) is 13.8 Å². The Morgan fingerprint density at radius 1 is 1.23 bits per heavy atom. The van der Waals surface area contributed by atoms with Crippen molar-refractivity contribution in [2.45, 2.75) is 33.1 Å². The van der Waals surface area contributed by atoms with Crippen molar-refractivity contribution in [3.8, 4) is 5.75 Å². The summed E-state index contributed by atoms with van der Waals surface area (Å²) in [5, 5.41) is 10.9. The van der Waals surface area contributed by atoms with Gasteiger partial charge in [-0.15, -0.1) is 0 Å². The maximum absolute atomic E-state index is 10.9.